The van der Waals surface area contributed by atoms with Gasteiger partial charge < -0.3 is 20.3 Å². The second-order valence-corrected chi connectivity index (χ2v) is 6.13. The number of nitrogens with one attached hydrogen (secondary N) is 2. The minimum absolute atomic E-state index is 0.134. The number of rotatable bonds is 7. The zero-order chi connectivity index (χ0) is 22.1. The lowest BCUT2D eigenvalue weighted by molar-refractivity contribution is -0.115. The zero-order valence-corrected chi connectivity index (χ0v) is 17.3. The minimum Gasteiger partial charge on any atom is -0.408 e. The van der Waals surface area contributed by atoms with Gasteiger partial charge >= 0.3 is 6.09 Å². The molecule has 0 spiro atoms. The number of benzene rings is 1. The Kier molecular flexibility index (Phi) is 7.98. The van der Waals surface area contributed by atoms with Crippen molar-refractivity contribution < 1.29 is 19.1 Å². The van der Waals surface area contributed by atoms with E-state index in [0.717, 1.165) is 0 Å². The molecule has 0 unspecified atom stereocenters. The molecule has 10 nitrogen and oxygen atoms in total. The first kappa shape index (κ1) is 22.5. The van der Waals surface area contributed by atoms with Crippen molar-refractivity contribution in [1.82, 2.24) is 9.88 Å². The molecule has 0 aliphatic rings. The van der Waals surface area contributed by atoms with Gasteiger partial charge in [-0.2, -0.15) is 0 Å². The number of para-hydroxylation sites is 1. The standard InChI is InChI=1S/C20H24N6O4/c1-5-26(6-2)20(29)30-17-10-8-7-9-15(17)24-25-16-11-12-18(21-13(3)27)23-19(16)22-14(4)28/h7-12H,5-6H2,1-4H3,(H2,21,22,23,27,28). The Morgan fingerprint density at radius 2 is 1.57 bits per heavy atom. The van der Waals surface area contributed by atoms with Gasteiger partial charge in [-0.3, -0.25) is 9.59 Å². The maximum Gasteiger partial charge on any atom is 0.415 e. The van der Waals surface area contributed by atoms with Gasteiger partial charge in [-0.1, -0.05) is 12.1 Å². The maximum absolute atomic E-state index is 12.2. The number of hydrogen-bond acceptors (Lipinski definition) is 7. The lowest BCUT2D eigenvalue weighted by atomic mass is 10.3. The molecule has 3 amide bonds. The van der Waals surface area contributed by atoms with Crippen LogP contribution in [0.2, 0.25) is 0 Å². The predicted molar refractivity (Wildman–Crippen MR) is 112 cm³/mol. The highest BCUT2D eigenvalue weighted by molar-refractivity contribution is 5.92. The summed E-state index contributed by atoms with van der Waals surface area (Å²) in [5, 5.41) is 13.4. The summed E-state index contributed by atoms with van der Waals surface area (Å²) in [5.41, 5.74) is 0.599. The normalized spacial score (nSPS) is 10.5. The molecule has 2 rings (SSSR count). The molecular weight excluding hydrogens is 388 g/mol. The molecule has 10 heteroatoms. The summed E-state index contributed by atoms with van der Waals surface area (Å²) in [6, 6.07) is 9.80. The Labute approximate surface area is 174 Å². The number of aromatic nitrogens is 1. The van der Waals surface area contributed by atoms with E-state index in [2.05, 4.69) is 25.8 Å². The molecule has 0 aliphatic heterocycles. The van der Waals surface area contributed by atoms with Crippen molar-refractivity contribution in [3.63, 3.8) is 0 Å². The van der Waals surface area contributed by atoms with Gasteiger partial charge in [0.1, 0.15) is 17.2 Å². The molecule has 30 heavy (non-hydrogen) atoms. The van der Waals surface area contributed by atoms with E-state index < -0.39 is 6.09 Å². The van der Waals surface area contributed by atoms with Crippen LogP contribution in [0.15, 0.2) is 46.6 Å². The van der Waals surface area contributed by atoms with E-state index in [1.165, 1.54) is 24.8 Å². The number of nitrogens with zero attached hydrogens (tertiary/aromatic N) is 4. The number of ether oxygens (including phenoxy) is 1. The summed E-state index contributed by atoms with van der Waals surface area (Å²) in [5.74, 6) is -0.00185. The Morgan fingerprint density at radius 3 is 2.20 bits per heavy atom. The van der Waals surface area contributed by atoms with E-state index in [4.69, 9.17) is 4.74 Å². The first-order valence-electron chi connectivity index (χ1n) is 9.37. The molecular formula is C20H24N6O4. The highest BCUT2D eigenvalue weighted by Gasteiger charge is 2.14. The Bertz CT molecular complexity index is 956. The van der Waals surface area contributed by atoms with Crippen LogP contribution in [-0.4, -0.2) is 40.9 Å². The fourth-order valence-electron chi connectivity index (χ4n) is 2.42. The van der Waals surface area contributed by atoms with Gasteiger partial charge in [-0.25, -0.2) is 9.78 Å². The lowest BCUT2D eigenvalue weighted by Gasteiger charge is -2.18. The van der Waals surface area contributed by atoms with Crippen LogP contribution < -0.4 is 15.4 Å². The quantitative estimate of drug-likeness (QED) is 0.658. The molecule has 158 valence electrons. The first-order chi connectivity index (χ1) is 14.3. The summed E-state index contributed by atoms with van der Waals surface area (Å²) < 4.78 is 5.44. The Morgan fingerprint density at radius 1 is 0.933 bits per heavy atom. The molecule has 0 saturated heterocycles. The molecule has 2 N–H and O–H groups in total. The van der Waals surface area contributed by atoms with Gasteiger partial charge in [-0.15, -0.1) is 10.2 Å². The third-order valence-corrected chi connectivity index (χ3v) is 3.82. The summed E-state index contributed by atoms with van der Waals surface area (Å²) >= 11 is 0. The molecule has 1 heterocycles. The first-order valence-corrected chi connectivity index (χ1v) is 9.37. The highest BCUT2D eigenvalue weighted by atomic mass is 16.6. The van der Waals surface area contributed by atoms with Crippen molar-refractivity contribution in [2.75, 3.05) is 23.7 Å². The van der Waals surface area contributed by atoms with Crippen molar-refractivity contribution in [3.05, 3.63) is 36.4 Å². The monoisotopic (exact) mass is 412 g/mol. The van der Waals surface area contributed by atoms with Crippen molar-refractivity contribution in [3.8, 4) is 5.75 Å². The minimum atomic E-state index is -0.483. The van der Waals surface area contributed by atoms with Crippen LogP contribution in [-0.2, 0) is 9.59 Å². The number of carbonyl (C=O) groups excluding carboxylic acids is 3. The van der Waals surface area contributed by atoms with E-state index >= 15 is 0 Å². The van der Waals surface area contributed by atoms with E-state index in [1.54, 1.807) is 30.3 Å². The predicted octanol–water partition coefficient (Wildman–Crippen LogP) is 4.25. The average Bonchev–Trinajstić information content (AvgIpc) is 2.68. The third kappa shape index (κ3) is 6.36. The van der Waals surface area contributed by atoms with E-state index in [0.29, 0.717) is 18.8 Å². The second kappa shape index (κ2) is 10.6. The van der Waals surface area contributed by atoms with Crippen LogP contribution in [0.3, 0.4) is 0 Å². The SMILES string of the molecule is CCN(CC)C(=O)Oc1ccccc1N=Nc1ccc(NC(C)=O)nc1NC(C)=O. The summed E-state index contributed by atoms with van der Waals surface area (Å²) in [4.78, 5) is 40.7. The summed E-state index contributed by atoms with van der Waals surface area (Å²) in [7, 11) is 0. The van der Waals surface area contributed by atoms with E-state index in [1.807, 2.05) is 13.8 Å². The largest absolute Gasteiger partial charge is 0.415 e. The number of pyridine rings is 1. The van der Waals surface area contributed by atoms with Crippen LogP contribution in [0.1, 0.15) is 27.7 Å². The molecule has 0 fully saturated rings. The molecule has 1 aromatic carbocycles. The number of hydrogen-bond donors (Lipinski definition) is 2. The fraction of sp³-hybridized carbons (Fsp3) is 0.300. The molecule has 0 radical (unpaired) electrons. The molecule has 0 aliphatic carbocycles. The zero-order valence-electron chi connectivity index (χ0n) is 17.3. The van der Waals surface area contributed by atoms with Crippen LogP contribution in [0.25, 0.3) is 0 Å². The van der Waals surface area contributed by atoms with Gasteiger partial charge in [0.2, 0.25) is 11.8 Å². The second-order valence-electron chi connectivity index (χ2n) is 6.13. The number of anilines is 2. The number of carbonyl (C=O) groups is 3. The molecule has 2 aromatic rings. The van der Waals surface area contributed by atoms with Crippen molar-refractivity contribution in [2.24, 2.45) is 10.2 Å². The van der Waals surface area contributed by atoms with Gasteiger partial charge in [0.05, 0.1) is 0 Å². The van der Waals surface area contributed by atoms with Gasteiger partial charge in [0, 0.05) is 26.9 Å². The molecule has 0 saturated carbocycles. The smallest absolute Gasteiger partial charge is 0.408 e. The third-order valence-electron chi connectivity index (χ3n) is 3.82. The van der Waals surface area contributed by atoms with Crippen LogP contribution in [0.5, 0.6) is 5.75 Å². The van der Waals surface area contributed by atoms with Gasteiger partial charge in [0.15, 0.2) is 11.6 Å². The molecule has 0 bridgehead atoms. The van der Waals surface area contributed by atoms with Crippen molar-refractivity contribution in [1.29, 1.82) is 0 Å². The molecule has 1 aromatic heterocycles. The fourth-order valence-corrected chi connectivity index (χ4v) is 2.42. The van der Waals surface area contributed by atoms with Gasteiger partial charge in [-0.05, 0) is 38.1 Å². The Hall–Kier alpha value is -3.82. The highest BCUT2D eigenvalue weighted by Crippen LogP contribution is 2.31. The van der Waals surface area contributed by atoms with Crippen LogP contribution in [0.4, 0.5) is 27.8 Å². The molecule has 0 atom stereocenters. The maximum atomic E-state index is 12.2. The van der Waals surface area contributed by atoms with Gasteiger partial charge in [0.25, 0.3) is 0 Å². The van der Waals surface area contributed by atoms with Crippen LogP contribution in [0, 0.1) is 0 Å². The van der Waals surface area contributed by atoms with E-state index in [-0.39, 0.29) is 34.9 Å². The van der Waals surface area contributed by atoms with E-state index in [9.17, 15) is 14.4 Å². The lowest BCUT2D eigenvalue weighted by Crippen LogP contribution is -2.33. The Balaban J connectivity index is 2.32. The number of azo groups is 1. The van der Waals surface area contributed by atoms with Crippen molar-refractivity contribution >= 4 is 40.9 Å². The summed E-state index contributed by atoms with van der Waals surface area (Å²) in [6.45, 7) is 7.44. The van der Waals surface area contributed by atoms with Crippen molar-refractivity contribution in [2.45, 2.75) is 27.7 Å². The summed E-state index contributed by atoms with van der Waals surface area (Å²) in [6.07, 6.45) is -0.483. The van der Waals surface area contributed by atoms with Crippen LogP contribution >= 0.6 is 0 Å². The topological polar surface area (TPSA) is 125 Å². The number of amides is 3. The average molecular weight is 412 g/mol.